The van der Waals surface area contributed by atoms with E-state index in [-0.39, 0.29) is 22.9 Å². The van der Waals surface area contributed by atoms with E-state index in [9.17, 15) is 14.7 Å². The van der Waals surface area contributed by atoms with E-state index >= 15 is 0 Å². The topological polar surface area (TPSA) is 178 Å². The second kappa shape index (κ2) is 6.72. The molecule has 12 nitrogen and oxygen atoms in total. The highest BCUT2D eigenvalue weighted by Crippen LogP contribution is 2.36. The number of rotatable bonds is 4. The molecule has 1 fully saturated rings. The van der Waals surface area contributed by atoms with Gasteiger partial charge in [0.25, 0.3) is 0 Å². The van der Waals surface area contributed by atoms with Crippen LogP contribution >= 0.6 is 0 Å². The summed E-state index contributed by atoms with van der Waals surface area (Å²) >= 11 is 0. The van der Waals surface area contributed by atoms with Gasteiger partial charge in [-0.2, -0.15) is 9.97 Å². The van der Waals surface area contributed by atoms with Crippen molar-refractivity contribution in [1.82, 2.24) is 19.5 Å². The van der Waals surface area contributed by atoms with E-state index in [2.05, 4.69) is 15.0 Å². The van der Waals surface area contributed by atoms with Crippen molar-refractivity contribution in [2.75, 3.05) is 18.1 Å². The van der Waals surface area contributed by atoms with Crippen LogP contribution in [0, 0.1) is 0 Å². The quantitative estimate of drug-likeness (QED) is 0.550. The Labute approximate surface area is 147 Å². The fourth-order valence-electron chi connectivity index (χ4n) is 2.87. The fraction of sp³-hybridized carbons (Fsp3) is 0.500. The van der Waals surface area contributed by atoms with Gasteiger partial charge in [0.1, 0.15) is 11.6 Å². The Balaban J connectivity index is 2.07. The number of nitrogens with two attached hydrogens (primary N) is 2. The van der Waals surface area contributed by atoms with E-state index in [4.69, 9.17) is 25.7 Å². The third kappa shape index (κ3) is 3.11. The van der Waals surface area contributed by atoms with Gasteiger partial charge in [0.2, 0.25) is 5.95 Å². The van der Waals surface area contributed by atoms with Gasteiger partial charge >= 0.3 is 11.9 Å². The van der Waals surface area contributed by atoms with Crippen molar-refractivity contribution in [3.05, 3.63) is 6.33 Å². The molecule has 12 heteroatoms. The van der Waals surface area contributed by atoms with Crippen molar-refractivity contribution in [2.45, 2.75) is 38.4 Å². The molecule has 5 N–H and O–H groups in total. The minimum absolute atomic E-state index is 0.0727. The van der Waals surface area contributed by atoms with Crippen molar-refractivity contribution in [1.29, 1.82) is 0 Å². The van der Waals surface area contributed by atoms with Crippen molar-refractivity contribution in [2.24, 2.45) is 0 Å². The molecule has 0 amide bonds. The molecule has 0 radical (unpaired) electrons. The van der Waals surface area contributed by atoms with Crippen LogP contribution in [0.1, 0.15) is 20.1 Å². The molecule has 3 rings (SSSR count). The fourth-order valence-corrected chi connectivity index (χ4v) is 2.87. The molecule has 26 heavy (non-hydrogen) atoms. The number of carbonyl (C=O) groups is 2. The van der Waals surface area contributed by atoms with Crippen LogP contribution in [0.4, 0.5) is 11.8 Å². The highest BCUT2D eigenvalue weighted by Gasteiger charge is 2.50. The summed E-state index contributed by atoms with van der Waals surface area (Å²) in [7, 11) is 0. The Hall–Kier alpha value is -2.99. The zero-order chi connectivity index (χ0) is 19.0. The van der Waals surface area contributed by atoms with Crippen molar-refractivity contribution in [3.8, 4) is 0 Å². The largest absolute Gasteiger partial charge is 0.456 e. The Morgan fingerprint density at radius 3 is 2.50 bits per heavy atom. The maximum Gasteiger partial charge on any atom is 0.303 e. The van der Waals surface area contributed by atoms with Gasteiger partial charge in [-0.3, -0.25) is 14.2 Å². The molecule has 0 unspecified atom stereocenters. The van der Waals surface area contributed by atoms with Gasteiger partial charge in [0.05, 0.1) is 12.9 Å². The summed E-state index contributed by atoms with van der Waals surface area (Å²) < 4.78 is 17.7. The molecule has 3 heterocycles. The predicted octanol–water partition coefficient (Wildman–Crippen LogP) is -1.26. The SMILES string of the molecule is CC(=O)O[C@@H]1[C@H](OC(C)=O)[C@@H](CO)O[C@H]1n1cnc2c(N)nc(N)nc21. The van der Waals surface area contributed by atoms with E-state index in [1.807, 2.05) is 0 Å². The van der Waals surface area contributed by atoms with Crippen molar-refractivity contribution >= 4 is 34.9 Å². The first kappa shape index (κ1) is 17.8. The summed E-state index contributed by atoms with van der Waals surface area (Å²) in [5, 5.41) is 9.57. The van der Waals surface area contributed by atoms with E-state index in [0.717, 1.165) is 0 Å². The standard InChI is InChI=1S/C14H18N6O6/c1-5(22)24-9-7(3-21)26-13(10(9)25-6(2)23)20-4-17-8-11(15)18-14(16)19-12(8)20/h4,7,9-10,13,21H,3H2,1-2H3,(H4,15,16,18,19)/t7-,9-,10-,13-/m1/s1. The minimum Gasteiger partial charge on any atom is -0.456 e. The smallest absolute Gasteiger partial charge is 0.303 e. The third-order valence-electron chi connectivity index (χ3n) is 3.81. The van der Waals surface area contributed by atoms with Crippen LogP contribution in [0.15, 0.2) is 6.33 Å². The van der Waals surface area contributed by atoms with Gasteiger partial charge in [-0.15, -0.1) is 0 Å². The molecule has 140 valence electrons. The average molecular weight is 366 g/mol. The molecular formula is C14H18N6O6. The first-order chi connectivity index (χ1) is 12.3. The lowest BCUT2D eigenvalue weighted by Crippen LogP contribution is -2.40. The molecule has 2 aromatic rings. The van der Waals surface area contributed by atoms with Crippen LogP contribution in [0.25, 0.3) is 11.2 Å². The number of hydrogen-bond donors (Lipinski definition) is 3. The van der Waals surface area contributed by atoms with Gasteiger partial charge in [0.15, 0.2) is 29.9 Å². The van der Waals surface area contributed by atoms with E-state index in [1.54, 1.807) is 0 Å². The van der Waals surface area contributed by atoms with Gasteiger partial charge in [-0.1, -0.05) is 0 Å². The predicted molar refractivity (Wildman–Crippen MR) is 86.3 cm³/mol. The van der Waals surface area contributed by atoms with Crippen molar-refractivity contribution < 1.29 is 28.9 Å². The number of aliphatic hydroxyl groups is 1. The molecule has 1 aliphatic heterocycles. The molecule has 0 saturated carbocycles. The first-order valence-electron chi connectivity index (χ1n) is 7.68. The normalized spacial score (nSPS) is 25.3. The summed E-state index contributed by atoms with van der Waals surface area (Å²) in [4.78, 5) is 35.0. The monoisotopic (exact) mass is 366 g/mol. The lowest BCUT2D eigenvalue weighted by atomic mass is 10.1. The number of nitrogen functional groups attached to an aromatic ring is 2. The summed E-state index contributed by atoms with van der Waals surface area (Å²) in [6.07, 6.45) is -2.58. The lowest BCUT2D eigenvalue weighted by Gasteiger charge is -2.23. The molecule has 1 saturated heterocycles. The second-order valence-electron chi connectivity index (χ2n) is 5.69. The first-order valence-corrected chi connectivity index (χ1v) is 7.68. The van der Waals surface area contributed by atoms with Crippen LogP contribution in [-0.4, -0.2) is 61.5 Å². The second-order valence-corrected chi connectivity index (χ2v) is 5.69. The van der Waals surface area contributed by atoms with Crippen LogP contribution in [0.2, 0.25) is 0 Å². The molecule has 0 bridgehead atoms. The van der Waals surface area contributed by atoms with E-state index in [0.29, 0.717) is 0 Å². The highest BCUT2D eigenvalue weighted by atomic mass is 16.6. The minimum atomic E-state index is -1.04. The molecule has 0 spiro atoms. The summed E-state index contributed by atoms with van der Waals surface area (Å²) in [6.45, 7) is 1.95. The number of nitrogens with zero attached hydrogens (tertiary/aromatic N) is 4. The van der Waals surface area contributed by atoms with Crippen LogP contribution in [0.5, 0.6) is 0 Å². The maximum absolute atomic E-state index is 11.5. The summed E-state index contributed by atoms with van der Waals surface area (Å²) in [6, 6.07) is 0. The Kier molecular flexibility index (Phi) is 4.61. The average Bonchev–Trinajstić information content (AvgIpc) is 3.09. The Morgan fingerprint density at radius 2 is 1.88 bits per heavy atom. The van der Waals surface area contributed by atoms with Gasteiger partial charge < -0.3 is 30.8 Å². The molecule has 2 aromatic heterocycles. The number of imidazole rings is 1. The number of aliphatic hydroxyl groups excluding tert-OH is 1. The number of anilines is 2. The zero-order valence-electron chi connectivity index (χ0n) is 14.0. The highest BCUT2D eigenvalue weighted by molar-refractivity contribution is 5.82. The van der Waals surface area contributed by atoms with E-state index in [1.165, 1.54) is 24.7 Å². The van der Waals surface area contributed by atoms with Gasteiger partial charge in [0, 0.05) is 13.8 Å². The lowest BCUT2D eigenvalue weighted by molar-refractivity contribution is -0.165. The molecule has 0 aromatic carbocycles. The molecule has 1 aliphatic rings. The molecule has 4 atom stereocenters. The molecular weight excluding hydrogens is 348 g/mol. The van der Waals surface area contributed by atoms with Crippen LogP contribution in [0.3, 0.4) is 0 Å². The number of hydrogen-bond acceptors (Lipinski definition) is 11. The van der Waals surface area contributed by atoms with Gasteiger partial charge in [-0.05, 0) is 0 Å². The summed E-state index contributed by atoms with van der Waals surface area (Å²) in [5.41, 5.74) is 11.9. The van der Waals surface area contributed by atoms with Gasteiger partial charge in [-0.25, -0.2) is 4.98 Å². The zero-order valence-corrected chi connectivity index (χ0v) is 14.0. The van der Waals surface area contributed by atoms with Crippen molar-refractivity contribution in [3.63, 3.8) is 0 Å². The number of fused-ring (bicyclic) bond motifs is 1. The Morgan fingerprint density at radius 1 is 1.23 bits per heavy atom. The van der Waals surface area contributed by atoms with E-state index < -0.39 is 43.1 Å². The number of aromatic nitrogens is 4. The molecule has 0 aliphatic carbocycles. The summed E-state index contributed by atoms with van der Waals surface area (Å²) in [5.74, 6) is -1.23. The maximum atomic E-state index is 11.5. The van der Waals surface area contributed by atoms with Crippen LogP contribution in [-0.2, 0) is 23.8 Å². The third-order valence-corrected chi connectivity index (χ3v) is 3.81. The Bertz CT molecular complexity index is 854. The number of esters is 2. The van der Waals surface area contributed by atoms with Crippen LogP contribution < -0.4 is 11.5 Å². The number of carbonyl (C=O) groups excluding carboxylic acids is 2. The number of ether oxygens (including phenoxy) is 3.